The van der Waals surface area contributed by atoms with Crippen molar-refractivity contribution in [1.29, 1.82) is 0 Å². The first kappa shape index (κ1) is 13.2. The zero-order valence-electron chi connectivity index (χ0n) is 9.90. The average molecular weight is 310 g/mol. The minimum Gasteiger partial charge on any atom is -0.388 e. The van der Waals surface area contributed by atoms with E-state index in [0.29, 0.717) is 6.42 Å². The Labute approximate surface area is 114 Å². The fourth-order valence-electron chi connectivity index (χ4n) is 1.80. The number of aliphatic hydroxyl groups is 1. The van der Waals surface area contributed by atoms with E-state index in [1.165, 1.54) is 12.1 Å². The van der Waals surface area contributed by atoms with Crippen molar-refractivity contribution < 1.29 is 9.50 Å². The van der Waals surface area contributed by atoms with E-state index in [1.807, 2.05) is 13.0 Å². The molecule has 94 valence electrons. The molecule has 0 aliphatic carbocycles. The van der Waals surface area contributed by atoms with Crippen molar-refractivity contribution in [3.8, 4) is 0 Å². The molecule has 0 amide bonds. The van der Waals surface area contributed by atoms with Crippen LogP contribution in [0, 0.1) is 12.7 Å². The summed E-state index contributed by atoms with van der Waals surface area (Å²) in [7, 11) is 0. The second-order valence-electron chi connectivity index (χ2n) is 4.19. The first-order chi connectivity index (χ1) is 8.56. The molecule has 0 saturated carbocycles. The smallest absolute Gasteiger partial charge is 0.123 e. The third-order valence-electron chi connectivity index (χ3n) is 2.73. The Morgan fingerprint density at radius 1 is 1.33 bits per heavy atom. The van der Waals surface area contributed by atoms with Gasteiger partial charge in [-0.05, 0) is 48.4 Å². The summed E-state index contributed by atoms with van der Waals surface area (Å²) in [4.78, 5) is 4.08. The molecule has 4 heteroatoms. The number of pyridine rings is 1. The monoisotopic (exact) mass is 309 g/mol. The van der Waals surface area contributed by atoms with Crippen LogP contribution in [0.2, 0.25) is 0 Å². The summed E-state index contributed by atoms with van der Waals surface area (Å²) >= 11 is 3.36. The molecule has 2 nitrogen and oxygen atoms in total. The van der Waals surface area contributed by atoms with Gasteiger partial charge in [0.1, 0.15) is 5.82 Å². The van der Waals surface area contributed by atoms with Crippen molar-refractivity contribution in [3.63, 3.8) is 0 Å². The second kappa shape index (κ2) is 5.59. The summed E-state index contributed by atoms with van der Waals surface area (Å²) in [5, 5.41) is 10.1. The molecule has 0 radical (unpaired) electrons. The molecule has 0 saturated heterocycles. The van der Waals surface area contributed by atoms with Gasteiger partial charge in [0, 0.05) is 22.8 Å². The molecule has 18 heavy (non-hydrogen) atoms. The zero-order chi connectivity index (χ0) is 13.1. The Morgan fingerprint density at radius 2 is 2.11 bits per heavy atom. The van der Waals surface area contributed by atoms with Gasteiger partial charge in [0.25, 0.3) is 0 Å². The summed E-state index contributed by atoms with van der Waals surface area (Å²) in [6.07, 6.45) is 1.36. The van der Waals surface area contributed by atoms with Crippen LogP contribution in [-0.2, 0) is 6.42 Å². The van der Waals surface area contributed by atoms with E-state index < -0.39 is 6.10 Å². The predicted molar refractivity (Wildman–Crippen MR) is 71.7 cm³/mol. The van der Waals surface area contributed by atoms with Gasteiger partial charge in [-0.15, -0.1) is 0 Å². The lowest BCUT2D eigenvalue weighted by atomic mass is 10.0. The standard InChI is InChI=1S/C14H13BrFNO/c1-9-6-10(4-5-17-9)14(18)8-11-7-12(16)2-3-13(11)15/h2-7,14,18H,8H2,1H3. The van der Waals surface area contributed by atoms with Crippen LogP contribution in [0.3, 0.4) is 0 Å². The fourth-order valence-corrected chi connectivity index (χ4v) is 2.21. The number of hydrogen-bond donors (Lipinski definition) is 1. The second-order valence-corrected chi connectivity index (χ2v) is 5.04. The molecule has 0 aliphatic heterocycles. The van der Waals surface area contributed by atoms with E-state index in [4.69, 9.17) is 0 Å². The molecule has 0 bridgehead atoms. The van der Waals surface area contributed by atoms with Crippen molar-refractivity contribution in [2.75, 3.05) is 0 Å². The van der Waals surface area contributed by atoms with E-state index in [0.717, 1.165) is 21.3 Å². The van der Waals surface area contributed by atoms with Crippen LogP contribution in [0.5, 0.6) is 0 Å². The summed E-state index contributed by atoms with van der Waals surface area (Å²) in [5.41, 5.74) is 2.39. The topological polar surface area (TPSA) is 33.1 Å². The molecule has 0 fully saturated rings. The Bertz CT molecular complexity index is 559. The van der Waals surface area contributed by atoms with Crippen LogP contribution >= 0.6 is 15.9 Å². The molecule has 1 aromatic heterocycles. The molecule has 1 aromatic carbocycles. The highest BCUT2D eigenvalue weighted by molar-refractivity contribution is 9.10. The van der Waals surface area contributed by atoms with Crippen molar-refractivity contribution in [2.24, 2.45) is 0 Å². The average Bonchev–Trinajstić information content (AvgIpc) is 2.34. The van der Waals surface area contributed by atoms with Crippen LogP contribution < -0.4 is 0 Å². The Kier molecular flexibility index (Phi) is 4.09. The highest BCUT2D eigenvalue weighted by Gasteiger charge is 2.11. The van der Waals surface area contributed by atoms with Gasteiger partial charge in [0.05, 0.1) is 6.10 Å². The lowest BCUT2D eigenvalue weighted by Crippen LogP contribution is -2.03. The maximum Gasteiger partial charge on any atom is 0.123 e. The minimum absolute atomic E-state index is 0.300. The largest absolute Gasteiger partial charge is 0.388 e. The van der Waals surface area contributed by atoms with Gasteiger partial charge in [0.15, 0.2) is 0 Å². The summed E-state index contributed by atoms with van der Waals surface area (Å²) in [5.74, 6) is -0.300. The maximum atomic E-state index is 13.2. The Hall–Kier alpha value is -1.26. The minimum atomic E-state index is -0.662. The van der Waals surface area contributed by atoms with Crippen LogP contribution in [0.1, 0.15) is 22.9 Å². The van der Waals surface area contributed by atoms with E-state index in [2.05, 4.69) is 20.9 Å². The predicted octanol–water partition coefficient (Wildman–Crippen LogP) is 3.57. The third kappa shape index (κ3) is 3.15. The number of benzene rings is 1. The summed E-state index contributed by atoms with van der Waals surface area (Å²) in [6.45, 7) is 1.87. The fraction of sp³-hybridized carbons (Fsp3) is 0.214. The van der Waals surface area contributed by atoms with Crippen LogP contribution in [-0.4, -0.2) is 10.1 Å². The van der Waals surface area contributed by atoms with Gasteiger partial charge >= 0.3 is 0 Å². The molecule has 1 heterocycles. The lowest BCUT2D eigenvalue weighted by Gasteiger charge is -2.12. The van der Waals surface area contributed by atoms with Crippen molar-refractivity contribution in [2.45, 2.75) is 19.4 Å². The quantitative estimate of drug-likeness (QED) is 0.940. The number of halogens is 2. The molecule has 1 N–H and O–H groups in total. The zero-order valence-corrected chi connectivity index (χ0v) is 11.5. The van der Waals surface area contributed by atoms with Crippen LogP contribution in [0.4, 0.5) is 4.39 Å². The van der Waals surface area contributed by atoms with Gasteiger partial charge in [-0.25, -0.2) is 4.39 Å². The number of nitrogens with zero attached hydrogens (tertiary/aromatic N) is 1. The highest BCUT2D eigenvalue weighted by Crippen LogP contribution is 2.24. The SMILES string of the molecule is Cc1cc(C(O)Cc2cc(F)ccc2Br)ccn1. The first-order valence-electron chi connectivity index (χ1n) is 5.61. The number of aromatic nitrogens is 1. The van der Waals surface area contributed by atoms with Crippen molar-refractivity contribution in [3.05, 3.63) is 63.6 Å². The van der Waals surface area contributed by atoms with E-state index in [-0.39, 0.29) is 5.82 Å². The van der Waals surface area contributed by atoms with Gasteiger partial charge in [-0.2, -0.15) is 0 Å². The van der Waals surface area contributed by atoms with Gasteiger partial charge in [-0.3, -0.25) is 4.98 Å². The summed E-state index contributed by atoms with van der Waals surface area (Å²) < 4.78 is 14.0. The highest BCUT2D eigenvalue weighted by atomic mass is 79.9. The number of aliphatic hydroxyl groups excluding tert-OH is 1. The third-order valence-corrected chi connectivity index (χ3v) is 3.50. The van der Waals surface area contributed by atoms with Gasteiger partial charge in [-0.1, -0.05) is 15.9 Å². The number of aryl methyl sites for hydroxylation is 1. The molecular weight excluding hydrogens is 297 g/mol. The van der Waals surface area contributed by atoms with Gasteiger partial charge in [0.2, 0.25) is 0 Å². The molecule has 0 spiro atoms. The maximum absolute atomic E-state index is 13.2. The Balaban J connectivity index is 2.21. The van der Waals surface area contributed by atoms with Gasteiger partial charge < -0.3 is 5.11 Å². The molecule has 1 unspecified atom stereocenters. The lowest BCUT2D eigenvalue weighted by molar-refractivity contribution is 0.178. The summed E-state index contributed by atoms with van der Waals surface area (Å²) in [6, 6.07) is 8.07. The number of rotatable bonds is 3. The molecule has 1 atom stereocenters. The van der Waals surface area contributed by atoms with Crippen molar-refractivity contribution >= 4 is 15.9 Å². The molecule has 2 aromatic rings. The molecule has 2 rings (SSSR count). The molecular formula is C14H13BrFNO. The molecule has 0 aliphatic rings. The Morgan fingerprint density at radius 3 is 2.83 bits per heavy atom. The number of hydrogen-bond acceptors (Lipinski definition) is 2. The van der Waals surface area contributed by atoms with Crippen LogP contribution in [0.15, 0.2) is 41.0 Å². The van der Waals surface area contributed by atoms with E-state index >= 15 is 0 Å². The first-order valence-corrected chi connectivity index (χ1v) is 6.40. The van der Waals surface area contributed by atoms with E-state index in [1.54, 1.807) is 18.3 Å². The van der Waals surface area contributed by atoms with Crippen LogP contribution in [0.25, 0.3) is 0 Å². The normalized spacial score (nSPS) is 12.4. The van der Waals surface area contributed by atoms with Crippen molar-refractivity contribution in [1.82, 2.24) is 4.98 Å². The van der Waals surface area contributed by atoms with E-state index in [9.17, 15) is 9.50 Å².